The number of ether oxygens (including phenoxy) is 1. The summed E-state index contributed by atoms with van der Waals surface area (Å²) in [5, 5.41) is 11.8. The second kappa shape index (κ2) is 7.66. The molecule has 6 nitrogen and oxygen atoms in total. The zero-order valence-corrected chi connectivity index (χ0v) is 14.4. The molecule has 1 aromatic heterocycles. The van der Waals surface area contributed by atoms with E-state index in [1.54, 1.807) is 30.1 Å². The summed E-state index contributed by atoms with van der Waals surface area (Å²) in [5.41, 5.74) is 1.52. The van der Waals surface area contributed by atoms with Crippen LogP contribution in [-0.2, 0) is 11.3 Å². The average molecular weight is 349 g/mol. The monoisotopic (exact) mass is 348 g/mol. The lowest BCUT2D eigenvalue weighted by Crippen LogP contribution is -2.38. The fourth-order valence-electron chi connectivity index (χ4n) is 2.99. The first kappa shape index (κ1) is 16.8. The van der Waals surface area contributed by atoms with Crippen molar-refractivity contribution in [3.63, 3.8) is 0 Å². The highest BCUT2D eigenvalue weighted by Crippen LogP contribution is 2.29. The second-order valence-electron chi connectivity index (χ2n) is 6.05. The summed E-state index contributed by atoms with van der Waals surface area (Å²) >= 11 is 6.03. The summed E-state index contributed by atoms with van der Waals surface area (Å²) in [6.45, 7) is 0.175. The fraction of sp³-hybridized carbons (Fsp3) is 0.471. The Hall–Kier alpha value is -2.08. The van der Waals surface area contributed by atoms with Gasteiger partial charge < -0.3 is 10.1 Å². The van der Waals surface area contributed by atoms with Crippen molar-refractivity contribution in [1.29, 1.82) is 0 Å². The molecule has 0 radical (unpaired) electrons. The van der Waals surface area contributed by atoms with E-state index in [4.69, 9.17) is 16.3 Å². The quantitative estimate of drug-likeness (QED) is 0.901. The van der Waals surface area contributed by atoms with E-state index in [1.807, 2.05) is 6.07 Å². The Morgan fingerprint density at radius 1 is 1.38 bits per heavy atom. The zero-order valence-electron chi connectivity index (χ0n) is 13.7. The van der Waals surface area contributed by atoms with Crippen molar-refractivity contribution in [2.45, 2.75) is 44.7 Å². The molecule has 0 spiro atoms. The molecule has 2 aromatic rings. The predicted octanol–water partition coefficient (Wildman–Crippen LogP) is 3.06. The minimum atomic E-state index is -0.0213. The highest BCUT2D eigenvalue weighted by atomic mass is 35.5. The number of nitrogens with one attached hydrogen (secondary N) is 1. The van der Waals surface area contributed by atoms with Crippen LogP contribution in [0.25, 0.3) is 11.3 Å². The molecule has 0 saturated heterocycles. The van der Waals surface area contributed by atoms with E-state index in [-0.39, 0.29) is 12.5 Å². The number of benzene rings is 1. The number of hydrogen-bond donors (Lipinski definition) is 1. The molecule has 1 heterocycles. The van der Waals surface area contributed by atoms with Crippen molar-refractivity contribution in [2.24, 2.45) is 0 Å². The molecule has 3 rings (SSSR count). The first-order valence-electron chi connectivity index (χ1n) is 8.19. The minimum Gasteiger partial charge on any atom is -0.495 e. The Labute approximate surface area is 146 Å². The van der Waals surface area contributed by atoms with E-state index in [9.17, 15) is 4.79 Å². The number of rotatable bonds is 5. The zero-order chi connectivity index (χ0) is 16.9. The largest absolute Gasteiger partial charge is 0.495 e. The predicted molar refractivity (Wildman–Crippen MR) is 92.0 cm³/mol. The molecular formula is C17H21ClN4O2. The van der Waals surface area contributed by atoms with Crippen LogP contribution in [0, 0.1) is 0 Å². The smallest absolute Gasteiger partial charge is 0.242 e. The van der Waals surface area contributed by atoms with Crippen molar-refractivity contribution >= 4 is 17.5 Å². The maximum atomic E-state index is 12.1. The van der Waals surface area contributed by atoms with E-state index in [0.717, 1.165) is 18.4 Å². The molecule has 0 unspecified atom stereocenters. The van der Waals surface area contributed by atoms with Gasteiger partial charge in [0.05, 0.1) is 18.3 Å². The van der Waals surface area contributed by atoms with Crippen molar-refractivity contribution in [3.8, 4) is 17.0 Å². The number of halogens is 1. The van der Waals surface area contributed by atoms with Gasteiger partial charge in [0.15, 0.2) is 0 Å². The van der Waals surface area contributed by atoms with Gasteiger partial charge in [-0.15, -0.1) is 5.10 Å². The second-order valence-corrected chi connectivity index (χ2v) is 6.46. The van der Waals surface area contributed by atoms with Crippen LogP contribution in [0.3, 0.4) is 0 Å². The number of amides is 1. The number of hydrogen-bond acceptors (Lipinski definition) is 4. The van der Waals surface area contributed by atoms with Crippen LogP contribution in [-0.4, -0.2) is 34.1 Å². The topological polar surface area (TPSA) is 69.0 Å². The highest BCUT2D eigenvalue weighted by Gasteiger charge is 2.16. The van der Waals surface area contributed by atoms with E-state index in [0.29, 0.717) is 22.5 Å². The van der Waals surface area contributed by atoms with Crippen LogP contribution in [0.5, 0.6) is 5.75 Å². The lowest BCUT2D eigenvalue weighted by Gasteiger charge is -2.22. The molecular weight excluding hydrogens is 328 g/mol. The summed E-state index contributed by atoms with van der Waals surface area (Å²) < 4.78 is 6.76. The van der Waals surface area contributed by atoms with Crippen molar-refractivity contribution in [2.75, 3.05) is 7.11 Å². The number of methoxy groups -OCH3 is 1. The molecule has 1 aliphatic rings. The maximum Gasteiger partial charge on any atom is 0.242 e. The van der Waals surface area contributed by atoms with Gasteiger partial charge in [-0.05, 0) is 25.0 Å². The molecule has 1 N–H and O–H groups in total. The third kappa shape index (κ3) is 4.06. The van der Waals surface area contributed by atoms with Gasteiger partial charge in [-0.2, -0.15) is 0 Å². The van der Waals surface area contributed by atoms with E-state index in [1.165, 1.54) is 19.3 Å². The number of carbonyl (C=O) groups is 1. The first-order valence-corrected chi connectivity index (χ1v) is 8.57. The maximum absolute atomic E-state index is 12.1. The minimum absolute atomic E-state index is 0.0213. The lowest BCUT2D eigenvalue weighted by molar-refractivity contribution is -0.122. The van der Waals surface area contributed by atoms with Crippen LogP contribution in [0.15, 0.2) is 24.4 Å². The summed E-state index contributed by atoms with van der Waals surface area (Å²) in [6.07, 6.45) is 7.54. The Morgan fingerprint density at radius 2 is 2.17 bits per heavy atom. The van der Waals surface area contributed by atoms with Gasteiger partial charge in [0, 0.05) is 11.6 Å². The van der Waals surface area contributed by atoms with E-state index >= 15 is 0 Å². The van der Waals surface area contributed by atoms with Crippen molar-refractivity contribution < 1.29 is 9.53 Å². The van der Waals surface area contributed by atoms with E-state index < -0.39 is 0 Å². The van der Waals surface area contributed by atoms with Crippen molar-refractivity contribution in [1.82, 2.24) is 20.3 Å². The highest BCUT2D eigenvalue weighted by molar-refractivity contribution is 6.32. The van der Waals surface area contributed by atoms with Gasteiger partial charge in [0.1, 0.15) is 18.0 Å². The normalized spacial score (nSPS) is 15.2. The van der Waals surface area contributed by atoms with Gasteiger partial charge in [0.2, 0.25) is 5.91 Å². The summed E-state index contributed by atoms with van der Waals surface area (Å²) in [7, 11) is 1.57. The Balaban J connectivity index is 1.63. The van der Waals surface area contributed by atoms with Gasteiger partial charge in [-0.1, -0.05) is 42.1 Å². The number of carbonyl (C=O) groups excluding carboxylic acids is 1. The summed E-state index contributed by atoms with van der Waals surface area (Å²) in [6, 6.07) is 5.71. The van der Waals surface area contributed by atoms with Gasteiger partial charge >= 0.3 is 0 Å². The molecule has 24 heavy (non-hydrogen) atoms. The average Bonchev–Trinajstić information content (AvgIpc) is 3.04. The molecule has 0 atom stereocenters. The molecule has 1 fully saturated rings. The molecule has 7 heteroatoms. The van der Waals surface area contributed by atoms with Crippen LogP contribution in [0.2, 0.25) is 5.02 Å². The third-order valence-electron chi connectivity index (χ3n) is 4.26. The van der Waals surface area contributed by atoms with Crippen LogP contribution < -0.4 is 10.1 Å². The lowest BCUT2D eigenvalue weighted by atomic mass is 9.95. The van der Waals surface area contributed by atoms with Gasteiger partial charge in [0.25, 0.3) is 0 Å². The Bertz CT molecular complexity index is 710. The summed E-state index contributed by atoms with van der Waals surface area (Å²) in [5.74, 6) is 0.561. The number of nitrogens with zero attached hydrogens (tertiary/aromatic N) is 3. The standard InChI is InChI=1S/C17H21ClN4O2/c1-24-16-9-12(7-8-14(16)18)15-10-22(21-20-15)11-17(23)19-13-5-3-2-4-6-13/h7-10,13H,2-6,11H2,1H3,(H,19,23). The summed E-state index contributed by atoms with van der Waals surface area (Å²) in [4.78, 5) is 12.1. The Morgan fingerprint density at radius 3 is 2.92 bits per heavy atom. The molecule has 128 valence electrons. The van der Waals surface area contributed by atoms with Crippen LogP contribution in [0.4, 0.5) is 0 Å². The molecule has 1 aromatic carbocycles. The van der Waals surface area contributed by atoms with Crippen LogP contribution in [0.1, 0.15) is 32.1 Å². The van der Waals surface area contributed by atoms with Crippen molar-refractivity contribution in [3.05, 3.63) is 29.4 Å². The molecule has 1 aliphatic carbocycles. The molecule has 0 aliphatic heterocycles. The fourth-order valence-corrected chi connectivity index (χ4v) is 3.19. The Kier molecular flexibility index (Phi) is 5.35. The molecule has 0 bridgehead atoms. The molecule has 1 amide bonds. The van der Waals surface area contributed by atoms with Gasteiger partial charge in [-0.3, -0.25) is 4.79 Å². The SMILES string of the molecule is COc1cc(-c2cn(CC(=O)NC3CCCCC3)nn2)ccc1Cl. The number of aromatic nitrogens is 3. The van der Waals surface area contributed by atoms with Gasteiger partial charge in [-0.25, -0.2) is 4.68 Å². The van der Waals surface area contributed by atoms with Crippen LogP contribution >= 0.6 is 11.6 Å². The first-order chi connectivity index (χ1) is 11.7. The molecule has 1 saturated carbocycles. The van der Waals surface area contributed by atoms with E-state index in [2.05, 4.69) is 15.6 Å². The third-order valence-corrected chi connectivity index (χ3v) is 4.57.